The first-order valence-electron chi connectivity index (χ1n) is 4.89. The fraction of sp³-hybridized carbons (Fsp3) is 0.455. The number of aliphatic hydroxyl groups excluding tert-OH is 1. The molecule has 1 aromatic rings. The van der Waals surface area contributed by atoms with Gasteiger partial charge in [-0.2, -0.15) is 0 Å². The molecule has 84 valence electrons. The molecule has 4 heteroatoms. The van der Waals surface area contributed by atoms with Crippen LogP contribution in [0, 0.1) is 11.7 Å². The Hall–Kier alpha value is -0.640. The van der Waals surface area contributed by atoms with Gasteiger partial charge in [-0.25, -0.2) is 4.39 Å². The van der Waals surface area contributed by atoms with Crippen LogP contribution in [0.1, 0.15) is 12.5 Å². The summed E-state index contributed by atoms with van der Waals surface area (Å²) in [7, 11) is 0. The normalized spacial score (nSPS) is 12.8. The largest absolute Gasteiger partial charge is 0.396 e. The van der Waals surface area contributed by atoms with Gasteiger partial charge in [0, 0.05) is 24.7 Å². The Bertz CT molecular complexity index is 319. The van der Waals surface area contributed by atoms with E-state index in [1.807, 2.05) is 6.92 Å². The zero-order valence-electron chi connectivity index (χ0n) is 8.63. The Labute approximate surface area is 94.1 Å². The Morgan fingerprint density at radius 1 is 1.53 bits per heavy atom. The molecule has 15 heavy (non-hydrogen) atoms. The molecule has 1 rings (SSSR count). The fourth-order valence-electron chi connectivity index (χ4n) is 1.20. The molecule has 0 aromatic heterocycles. The van der Waals surface area contributed by atoms with E-state index >= 15 is 0 Å². The second-order valence-electron chi connectivity index (χ2n) is 3.65. The molecule has 0 amide bonds. The molecule has 0 bridgehead atoms. The average Bonchev–Trinajstić information content (AvgIpc) is 2.23. The Morgan fingerprint density at radius 2 is 2.27 bits per heavy atom. The summed E-state index contributed by atoms with van der Waals surface area (Å²) >= 11 is 5.89. The van der Waals surface area contributed by atoms with Crippen LogP contribution in [0.3, 0.4) is 0 Å². The van der Waals surface area contributed by atoms with Gasteiger partial charge in [0.1, 0.15) is 5.82 Å². The van der Waals surface area contributed by atoms with Crippen molar-refractivity contribution < 1.29 is 9.50 Å². The molecule has 0 saturated heterocycles. The van der Waals surface area contributed by atoms with E-state index in [4.69, 9.17) is 16.7 Å². The van der Waals surface area contributed by atoms with Crippen molar-refractivity contribution in [2.75, 3.05) is 13.2 Å². The van der Waals surface area contributed by atoms with Crippen molar-refractivity contribution in [3.63, 3.8) is 0 Å². The fourth-order valence-corrected chi connectivity index (χ4v) is 1.38. The van der Waals surface area contributed by atoms with Gasteiger partial charge in [-0.3, -0.25) is 0 Å². The van der Waals surface area contributed by atoms with Gasteiger partial charge in [-0.05, 0) is 29.7 Å². The molecule has 0 heterocycles. The van der Waals surface area contributed by atoms with Crippen LogP contribution in [-0.4, -0.2) is 18.3 Å². The SMILES string of the molecule is CC(CO)CNCc1cc(F)ccc1Cl. The summed E-state index contributed by atoms with van der Waals surface area (Å²) < 4.78 is 12.9. The highest BCUT2D eigenvalue weighted by atomic mass is 35.5. The predicted molar refractivity (Wildman–Crippen MR) is 59.4 cm³/mol. The molecule has 0 radical (unpaired) electrons. The maximum Gasteiger partial charge on any atom is 0.123 e. The maximum atomic E-state index is 12.9. The van der Waals surface area contributed by atoms with E-state index in [1.165, 1.54) is 12.1 Å². The smallest absolute Gasteiger partial charge is 0.123 e. The van der Waals surface area contributed by atoms with Gasteiger partial charge < -0.3 is 10.4 Å². The zero-order valence-corrected chi connectivity index (χ0v) is 9.39. The van der Waals surface area contributed by atoms with Gasteiger partial charge in [0.2, 0.25) is 0 Å². The first-order chi connectivity index (χ1) is 7.13. The third-order valence-electron chi connectivity index (χ3n) is 2.13. The molecule has 1 aromatic carbocycles. The molecule has 0 aliphatic carbocycles. The quantitative estimate of drug-likeness (QED) is 0.814. The number of hydrogen-bond donors (Lipinski definition) is 2. The first kappa shape index (κ1) is 12.4. The number of benzene rings is 1. The van der Waals surface area contributed by atoms with E-state index < -0.39 is 0 Å². The van der Waals surface area contributed by atoms with Crippen molar-refractivity contribution in [3.05, 3.63) is 34.6 Å². The third-order valence-corrected chi connectivity index (χ3v) is 2.50. The number of halogens is 2. The minimum atomic E-state index is -0.286. The standard InChI is InChI=1S/C11H15ClFNO/c1-8(7-15)5-14-6-9-4-10(13)2-3-11(9)12/h2-4,8,14-15H,5-7H2,1H3. The lowest BCUT2D eigenvalue weighted by Crippen LogP contribution is -2.22. The Kier molecular flexibility index (Phi) is 5.02. The molecule has 2 N–H and O–H groups in total. The molecule has 0 spiro atoms. The second-order valence-corrected chi connectivity index (χ2v) is 4.06. The van der Waals surface area contributed by atoms with E-state index in [2.05, 4.69) is 5.32 Å². The lowest BCUT2D eigenvalue weighted by Gasteiger charge is -2.10. The van der Waals surface area contributed by atoms with Crippen molar-refractivity contribution in [1.82, 2.24) is 5.32 Å². The van der Waals surface area contributed by atoms with Crippen molar-refractivity contribution in [2.45, 2.75) is 13.5 Å². The Balaban J connectivity index is 2.46. The molecule has 0 aliphatic heterocycles. The number of aliphatic hydroxyl groups is 1. The van der Waals surface area contributed by atoms with Crippen molar-refractivity contribution in [2.24, 2.45) is 5.92 Å². The average molecular weight is 232 g/mol. The van der Waals surface area contributed by atoms with Crippen LogP contribution < -0.4 is 5.32 Å². The topological polar surface area (TPSA) is 32.3 Å². The molecule has 2 nitrogen and oxygen atoms in total. The zero-order chi connectivity index (χ0) is 11.3. The van der Waals surface area contributed by atoms with Gasteiger partial charge in [0.25, 0.3) is 0 Å². The van der Waals surface area contributed by atoms with Crippen LogP contribution >= 0.6 is 11.6 Å². The molecule has 1 unspecified atom stereocenters. The number of rotatable bonds is 5. The second kappa shape index (κ2) is 6.05. The molecule has 0 saturated carbocycles. The minimum absolute atomic E-state index is 0.143. The van der Waals surface area contributed by atoms with E-state index in [1.54, 1.807) is 6.07 Å². The summed E-state index contributed by atoms with van der Waals surface area (Å²) in [6.45, 7) is 3.27. The molecule has 0 aliphatic rings. The van der Waals surface area contributed by atoms with Crippen LogP contribution in [0.15, 0.2) is 18.2 Å². The highest BCUT2D eigenvalue weighted by Gasteiger charge is 2.03. The molecular weight excluding hydrogens is 217 g/mol. The van der Waals surface area contributed by atoms with E-state index in [9.17, 15) is 4.39 Å². The number of nitrogens with one attached hydrogen (secondary N) is 1. The lowest BCUT2D eigenvalue weighted by atomic mass is 10.2. The van der Waals surface area contributed by atoms with E-state index in [0.29, 0.717) is 18.1 Å². The maximum absolute atomic E-state index is 12.9. The van der Waals surface area contributed by atoms with Crippen LogP contribution in [0.5, 0.6) is 0 Å². The van der Waals surface area contributed by atoms with E-state index in [-0.39, 0.29) is 18.3 Å². The van der Waals surface area contributed by atoms with Gasteiger partial charge >= 0.3 is 0 Å². The summed E-state index contributed by atoms with van der Waals surface area (Å²) in [5.41, 5.74) is 0.738. The van der Waals surface area contributed by atoms with Crippen molar-refractivity contribution in [3.8, 4) is 0 Å². The monoisotopic (exact) mass is 231 g/mol. The summed E-state index contributed by atoms with van der Waals surface area (Å²) in [5, 5.41) is 12.5. The van der Waals surface area contributed by atoms with Crippen molar-refractivity contribution in [1.29, 1.82) is 0 Å². The van der Waals surface area contributed by atoms with Gasteiger partial charge in [-0.1, -0.05) is 18.5 Å². The van der Waals surface area contributed by atoms with Crippen LogP contribution in [0.4, 0.5) is 4.39 Å². The van der Waals surface area contributed by atoms with E-state index in [0.717, 1.165) is 5.56 Å². The van der Waals surface area contributed by atoms with Gasteiger partial charge in [0.05, 0.1) is 0 Å². The summed E-state index contributed by atoms with van der Waals surface area (Å²) in [6.07, 6.45) is 0. The highest BCUT2D eigenvalue weighted by molar-refractivity contribution is 6.31. The summed E-state index contributed by atoms with van der Waals surface area (Å²) in [5.74, 6) is -0.0938. The Morgan fingerprint density at radius 3 is 2.93 bits per heavy atom. The van der Waals surface area contributed by atoms with Crippen LogP contribution in [0.2, 0.25) is 5.02 Å². The van der Waals surface area contributed by atoms with Crippen molar-refractivity contribution >= 4 is 11.6 Å². The molecule has 0 fully saturated rings. The van der Waals surface area contributed by atoms with Gasteiger partial charge in [-0.15, -0.1) is 0 Å². The van der Waals surface area contributed by atoms with Crippen LogP contribution in [-0.2, 0) is 6.54 Å². The van der Waals surface area contributed by atoms with Gasteiger partial charge in [0.15, 0.2) is 0 Å². The highest BCUT2D eigenvalue weighted by Crippen LogP contribution is 2.16. The lowest BCUT2D eigenvalue weighted by molar-refractivity contribution is 0.233. The molecule has 1 atom stereocenters. The predicted octanol–water partition coefficient (Wildman–Crippen LogP) is 2.20. The number of hydrogen-bond acceptors (Lipinski definition) is 2. The summed E-state index contributed by atoms with van der Waals surface area (Å²) in [4.78, 5) is 0. The minimum Gasteiger partial charge on any atom is -0.396 e. The van der Waals surface area contributed by atoms with Crippen LogP contribution in [0.25, 0.3) is 0 Å². The third kappa shape index (κ3) is 4.16. The molecular formula is C11H15ClFNO. The first-order valence-corrected chi connectivity index (χ1v) is 5.26. The summed E-state index contributed by atoms with van der Waals surface area (Å²) in [6, 6.07) is 4.30.